The summed E-state index contributed by atoms with van der Waals surface area (Å²) in [4.78, 5) is 2.16. The molecule has 0 atom stereocenters. The number of anilines is 1. The van der Waals surface area contributed by atoms with Gasteiger partial charge in [-0.25, -0.2) is 0 Å². The highest BCUT2D eigenvalue weighted by Crippen LogP contribution is 2.36. The van der Waals surface area contributed by atoms with E-state index in [1.165, 1.54) is 6.07 Å². The molecule has 1 aromatic carbocycles. The molecule has 0 bridgehead atoms. The third-order valence-electron chi connectivity index (χ3n) is 3.17. The third kappa shape index (κ3) is 5.32. The fourth-order valence-corrected chi connectivity index (χ4v) is 2.08. The van der Waals surface area contributed by atoms with Crippen molar-refractivity contribution in [3.8, 4) is 0 Å². The Bertz CT molecular complexity index is 433. The molecule has 0 fully saturated rings. The second-order valence-corrected chi connectivity index (χ2v) is 5.96. The number of halogens is 4. The molecule has 1 rings (SSSR count). The van der Waals surface area contributed by atoms with Crippen LogP contribution in [0.4, 0.5) is 18.9 Å². The van der Waals surface area contributed by atoms with Gasteiger partial charge in [-0.2, -0.15) is 13.2 Å². The van der Waals surface area contributed by atoms with Crippen LogP contribution in [0.3, 0.4) is 0 Å². The molecular formula is C14H20BrF3N2. The molecule has 20 heavy (non-hydrogen) atoms. The molecule has 0 unspecified atom stereocenters. The van der Waals surface area contributed by atoms with Gasteiger partial charge < -0.3 is 10.2 Å². The van der Waals surface area contributed by atoms with Crippen molar-refractivity contribution in [2.45, 2.75) is 32.5 Å². The van der Waals surface area contributed by atoms with E-state index in [9.17, 15) is 13.2 Å². The van der Waals surface area contributed by atoms with Gasteiger partial charge in [0.2, 0.25) is 0 Å². The maximum atomic E-state index is 12.9. The molecule has 114 valence electrons. The number of alkyl halides is 3. The molecule has 0 radical (unpaired) electrons. The standard InChI is InChI=1S/C14H20BrF3N2/c1-10(2)20(3)8-4-7-19-13-6-5-11(15)9-12(13)14(16,17)18/h5-6,9-10,19H,4,7-8H2,1-3H3. The second-order valence-electron chi connectivity index (χ2n) is 5.04. The van der Waals surface area contributed by atoms with Gasteiger partial charge in [0.25, 0.3) is 0 Å². The summed E-state index contributed by atoms with van der Waals surface area (Å²) < 4.78 is 39.1. The molecule has 0 heterocycles. The monoisotopic (exact) mass is 352 g/mol. The highest BCUT2D eigenvalue weighted by atomic mass is 79.9. The Kier molecular flexibility index (Phi) is 6.33. The Hall–Kier alpha value is -0.750. The lowest BCUT2D eigenvalue weighted by Crippen LogP contribution is -2.28. The minimum atomic E-state index is -4.35. The van der Waals surface area contributed by atoms with Crippen LogP contribution in [0.5, 0.6) is 0 Å². The first-order chi connectivity index (χ1) is 9.21. The maximum absolute atomic E-state index is 12.9. The van der Waals surface area contributed by atoms with Crippen LogP contribution >= 0.6 is 15.9 Å². The van der Waals surface area contributed by atoms with Crippen LogP contribution in [-0.2, 0) is 6.18 Å². The minimum Gasteiger partial charge on any atom is -0.385 e. The van der Waals surface area contributed by atoms with Crippen molar-refractivity contribution in [1.82, 2.24) is 4.90 Å². The first-order valence-corrected chi connectivity index (χ1v) is 7.32. The Morgan fingerprint density at radius 3 is 2.50 bits per heavy atom. The van der Waals surface area contributed by atoms with Gasteiger partial charge in [-0.3, -0.25) is 0 Å². The van der Waals surface area contributed by atoms with E-state index in [-0.39, 0.29) is 5.69 Å². The molecule has 2 nitrogen and oxygen atoms in total. The van der Waals surface area contributed by atoms with Gasteiger partial charge in [0.15, 0.2) is 0 Å². The van der Waals surface area contributed by atoms with E-state index < -0.39 is 11.7 Å². The molecule has 0 spiro atoms. The first-order valence-electron chi connectivity index (χ1n) is 6.52. The summed E-state index contributed by atoms with van der Waals surface area (Å²) in [6.07, 6.45) is -3.55. The van der Waals surface area contributed by atoms with Crippen molar-refractivity contribution in [1.29, 1.82) is 0 Å². The summed E-state index contributed by atoms with van der Waals surface area (Å²) >= 11 is 3.07. The molecule has 0 aliphatic carbocycles. The zero-order chi connectivity index (χ0) is 15.3. The topological polar surface area (TPSA) is 15.3 Å². The number of nitrogens with one attached hydrogen (secondary N) is 1. The van der Waals surface area contributed by atoms with E-state index in [0.29, 0.717) is 17.1 Å². The molecule has 1 N–H and O–H groups in total. The van der Waals surface area contributed by atoms with Gasteiger partial charge in [-0.05, 0) is 52.1 Å². The lowest BCUT2D eigenvalue weighted by molar-refractivity contribution is -0.137. The van der Waals surface area contributed by atoms with Crippen LogP contribution in [0.2, 0.25) is 0 Å². The van der Waals surface area contributed by atoms with Crippen LogP contribution in [0.15, 0.2) is 22.7 Å². The van der Waals surface area contributed by atoms with Crippen LogP contribution in [-0.4, -0.2) is 31.1 Å². The third-order valence-corrected chi connectivity index (χ3v) is 3.66. The number of nitrogens with zero attached hydrogens (tertiary/aromatic N) is 1. The lowest BCUT2D eigenvalue weighted by atomic mass is 10.1. The van der Waals surface area contributed by atoms with Crippen molar-refractivity contribution in [2.24, 2.45) is 0 Å². The summed E-state index contributed by atoms with van der Waals surface area (Å²) in [5.41, 5.74) is -0.503. The molecule has 0 aliphatic heterocycles. The Morgan fingerprint density at radius 1 is 1.30 bits per heavy atom. The minimum absolute atomic E-state index is 0.132. The fraction of sp³-hybridized carbons (Fsp3) is 0.571. The summed E-state index contributed by atoms with van der Waals surface area (Å²) in [6.45, 7) is 5.54. The Labute approximate surface area is 126 Å². The summed E-state index contributed by atoms with van der Waals surface area (Å²) in [7, 11) is 2.01. The van der Waals surface area contributed by atoms with Crippen LogP contribution in [0.25, 0.3) is 0 Å². The Morgan fingerprint density at radius 2 is 1.95 bits per heavy atom. The molecule has 0 saturated heterocycles. The van der Waals surface area contributed by atoms with Crippen molar-refractivity contribution in [3.05, 3.63) is 28.2 Å². The van der Waals surface area contributed by atoms with Crippen molar-refractivity contribution in [2.75, 3.05) is 25.5 Å². The van der Waals surface area contributed by atoms with E-state index in [4.69, 9.17) is 0 Å². The van der Waals surface area contributed by atoms with Gasteiger partial charge in [0, 0.05) is 22.7 Å². The van der Waals surface area contributed by atoms with Crippen molar-refractivity contribution in [3.63, 3.8) is 0 Å². The van der Waals surface area contributed by atoms with Gasteiger partial charge in [-0.15, -0.1) is 0 Å². The smallest absolute Gasteiger partial charge is 0.385 e. The molecule has 0 aromatic heterocycles. The van der Waals surface area contributed by atoms with E-state index in [1.54, 1.807) is 6.07 Å². The summed E-state index contributed by atoms with van der Waals surface area (Å²) in [6, 6.07) is 4.60. The summed E-state index contributed by atoms with van der Waals surface area (Å²) in [5.74, 6) is 0. The van der Waals surface area contributed by atoms with E-state index in [2.05, 4.69) is 40.0 Å². The van der Waals surface area contributed by atoms with E-state index in [1.807, 2.05) is 7.05 Å². The van der Waals surface area contributed by atoms with Gasteiger partial charge >= 0.3 is 6.18 Å². The predicted molar refractivity (Wildman–Crippen MR) is 80.0 cm³/mol. The fourth-order valence-electron chi connectivity index (χ4n) is 1.71. The highest BCUT2D eigenvalue weighted by Gasteiger charge is 2.33. The maximum Gasteiger partial charge on any atom is 0.418 e. The molecule has 6 heteroatoms. The quantitative estimate of drug-likeness (QED) is 0.752. The Balaban J connectivity index is 2.60. The molecule has 0 aliphatic rings. The largest absolute Gasteiger partial charge is 0.418 e. The average Bonchev–Trinajstić information content (AvgIpc) is 2.34. The number of hydrogen-bond acceptors (Lipinski definition) is 2. The van der Waals surface area contributed by atoms with Gasteiger partial charge in [-0.1, -0.05) is 15.9 Å². The number of hydrogen-bond donors (Lipinski definition) is 1. The van der Waals surface area contributed by atoms with Crippen molar-refractivity contribution >= 4 is 21.6 Å². The van der Waals surface area contributed by atoms with Crippen molar-refractivity contribution < 1.29 is 13.2 Å². The van der Waals surface area contributed by atoms with E-state index in [0.717, 1.165) is 19.0 Å². The second kappa shape index (κ2) is 7.31. The highest BCUT2D eigenvalue weighted by molar-refractivity contribution is 9.10. The summed E-state index contributed by atoms with van der Waals surface area (Å²) in [5, 5.41) is 2.87. The first kappa shape index (κ1) is 17.3. The molecule has 0 amide bonds. The number of benzene rings is 1. The molecule has 1 aromatic rings. The number of rotatable bonds is 6. The predicted octanol–water partition coefficient (Wildman–Crippen LogP) is 4.61. The molecular weight excluding hydrogens is 333 g/mol. The van der Waals surface area contributed by atoms with E-state index >= 15 is 0 Å². The zero-order valence-electron chi connectivity index (χ0n) is 11.9. The SMILES string of the molecule is CC(C)N(C)CCCNc1ccc(Br)cc1C(F)(F)F. The van der Waals surface area contributed by atoms with Crippen LogP contribution in [0, 0.1) is 0 Å². The van der Waals surface area contributed by atoms with Gasteiger partial charge in [0.05, 0.1) is 5.56 Å². The normalized spacial score (nSPS) is 12.2. The lowest BCUT2D eigenvalue weighted by Gasteiger charge is -2.21. The van der Waals surface area contributed by atoms with Crippen LogP contribution in [0.1, 0.15) is 25.8 Å². The molecule has 0 saturated carbocycles. The van der Waals surface area contributed by atoms with Gasteiger partial charge in [0.1, 0.15) is 0 Å². The zero-order valence-corrected chi connectivity index (χ0v) is 13.5. The average molecular weight is 353 g/mol. The van der Waals surface area contributed by atoms with Crippen LogP contribution < -0.4 is 5.32 Å².